The molecule has 3 heteroatoms. The standard InChI is InChI=1S/C9H13NO2/c1-4-6(2)8(5-10)9(12)7(3)11/h7,11H,4H2,1-3H3. The molecule has 66 valence electrons. The van der Waals surface area contributed by atoms with Gasteiger partial charge in [0.2, 0.25) is 5.78 Å². The number of nitrogens with zero attached hydrogens (tertiary/aromatic N) is 1. The van der Waals surface area contributed by atoms with Crippen molar-refractivity contribution >= 4 is 5.78 Å². The van der Waals surface area contributed by atoms with E-state index in [1.54, 1.807) is 13.0 Å². The van der Waals surface area contributed by atoms with E-state index >= 15 is 0 Å². The molecule has 1 N–H and O–H groups in total. The van der Waals surface area contributed by atoms with Gasteiger partial charge in [0.15, 0.2) is 0 Å². The summed E-state index contributed by atoms with van der Waals surface area (Å²) in [5, 5.41) is 17.5. The molecule has 0 fully saturated rings. The summed E-state index contributed by atoms with van der Waals surface area (Å²) in [6.07, 6.45) is -0.428. The topological polar surface area (TPSA) is 61.1 Å². The first-order valence-corrected chi connectivity index (χ1v) is 3.86. The molecule has 0 bridgehead atoms. The number of allylic oxidation sites excluding steroid dienone is 1. The summed E-state index contributed by atoms with van der Waals surface area (Å²) in [4.78, 5) is 11.1. The molecule has 0 radical (unpaired) electrons. The summed E-state index contributed by atoms with van der Waals surface area (Å²) in [5.74, 6) is -0.489. The number of carbonyl (C=O) groups is 1. The SMILES string of the molecule is CCC(C)=C(C#N)C(=O)C(C)O. The van der Waals surface area contributed by atoms with Gasteiger partial charge in [-0.05, 0) is 20.3 Å². The maximum atomic E-state index is 11.1. The van der Waals surface area contributed by atoms with Gasteiger partial charge < -0.3 is 5.11 Å². The summed E-state index contributed by atoms with van der Waals surface area (Å²) >= 11 is 0. The number of aliphatic hydroxyl groups is 1. The highest BCUT2D eigenvalue weighted by atomic mass is 16.3. The Balaban J connectivity index is 4.84. The minimum atomic E-state index is -1.08. The summed E-state index contributed by atoms with van der Waals surface area (Å²) in [7, 11) is 0. The van der Waals surface area contributed by atoms with Gasteiger partial charge in [0, 0.05) is 0 Å². The lowest BCUT2D eigenvalue weighted by Gasteiger charge is -2.03. The van der Waals surface area contributed by atoms with E-state index in [9.17, 15) is 4.79 Å². The Hall–Kier alpha value is -1.14. The van der Waals surface area contributed by atoms with E-state index in [1.165, 1.54) is 6.92 Å². The normalized spacial score (nSPS) is 14.6. The van der Waals surface area contributed by atoms with E-state index in [0.717, 1.165) is 5.57 Å². The average Bonchev–Trinajstić information content (AvgIpc) is 2.05. The lowest BCUT2D eigenvalue weighted by molar-refractivity contribution is -0.122. The number of hydrogen-bond donors (Lipinski definition) is 1. The van der Waals surface area contributed by atoms with Crippen LogP contribution in [-0.2, 0) is 4.79 Å². The molecule has 1 atom stereocenters. The Morgan fingerprint density at radius 2 is 2.17 bits per heavy atom. The largest absolute Gasteiger partial charge is 0.385 e. The van der Waals surface area contributed by atoms with Gasteiger partial charge in [-0.1, -0.05) is 12.5 Å². The second-order valence-electron chi connectivity index (χ2n) is 2.66. The summed E-state index contributed by atoms with van der Waals surface area (Å²) in [6.45, 7) is 4.95. The van der Waals surface area contributed by atoms with Crippen molar-refractivity contribution in [3.8, 4) is 6.07 Å². The molecule has 12 heavy (non-hydrogen) atoms. The van der Waals surface area contributed by atoms with Gasteiger partial charge in [0.1, 0.15) is 12.2 Å². The van der Waals surface area contributed by atoms with Gasteiger partial charge in [0.05, 0.1) is 5.57 Å². The molecule has 0 aromatic carbocycles. The van der Waals surface area contributed by atoms with Crippen LogP contribution in [0.25, 0.3) is 0 Å². The average molecular weight is 167 g/mol. The van der Waals surface area contributed by atoms with Crippen molar-refractivity contribution in [2.75, 3.05) is 0 Å². The summed E-state index contributed by atoms with van der Waals surface area (Å²) < 4.78 is 0. The fourth-order valence-electron chi connectivity index (χ4n) is 0.747. The van der Waals surface area contributed by atoms with E-state index in [2.05, 4.69) is 0 Å². The molecule has 0 aromatic rings. The van der Waals surface area contributed by atoms with Crippen LogP contribution < -0.4 is 0 Å². The molecule has 0 aromatic heterocycles. The molecule has 1 unspecified atom stereocenters. The van der Waals surface area contributed by atoms with E-state index in [0.29, 0.717) is 6.42 Å². The molecule has 0 aliphatic heterocycles. The second kappa shape index (κ2) is 4.68. The maximum Gasteiger partial charge on any atom is 0.201 e. The van der Waals surface area contributed by atoms with Crippen molar-refractivity contribution < 1.29 is 9.90 Å². The van der Waals surface area contributed by atoms with Crippen LogP contribution in [0.1, 0.15) is 27.2 Å². The number of nitriles is 1. The monoisotopic (exact) mass is 167 g/mol. The third-order valence-electron chi connectivity index (χ3n) is 1.69. The Labute approximate surface area is 72.3 Å². The van der Waals surface area contributed by atoms with Crippen molar-refractivity contribution in [2.45, 2.75) is 33.3 Å². The molecule has 0 saturated carbocycles. The molecule has 0 rings (SSSR count). The van der Waals surface area contributed by atoms with Crippen molar-refractivity contribution in [2.24, 2.45) is 0 Å². The molecule has 3 nitrogen and oxygen atoms in total. The van der Waals surface area contributed by atoms with Crippen LogP contribution in [0.2, 0.25) is 0 Å². The Morgan fingerprint density at radius 1 is 1.67 bits per heavy atom. The predicted molar refractivity (Wildman–Crippen MR) is 45.3 cm³/mol. The lowest BCUT2D eigenvalue weighted by atomic mass is 10.0. The smallest absolute Gasteiger partial charge is 0.201 e. The summed E-state index contributed by atoms with van der Waals surface area (Å²) in [6, 6.07) is 1.80. The molecule has 0 amide bonds. The highest BCUT2D eigenvalue weighted by Gasteiger charge is 2.16. The maximum absolute atomic E-state index is 11.1. The Bertz CT molecular complexity index is 246. The highest BCUT2D eigenvalue weighted by molar-refractivity contribution is 6.02. The van der Waals surface area contributed by atoms with E-state index < -0.39 is 11.9 Å². The van der Waals surface area contributed by atoms with E-state index in [-0.39, 0.29) is 5.57 Å². The zero-order chi connectivity index (χ0) is 9.72. The zero-order valence-electron chi connectivity index (χ0n) is 7.59. The van der Waals surface area contributed by atoms with Crippen LogP contribution >= 0.6 is 0 Å². The van der Waals surface area contributed by atoms with Gasteiger partial charge in [-0.15, -0.1) is 0 Å². The van der Waals surface area contributed by atoms with Crippen LogP contribution in [0, 0.1) is 11.3 Å². The molecule has 0 saturated heterocycles. The molecular weight excluding hydrogens is 154 g/mol. The molecule has 0 heterocycles. The van der Waals surface area contributed by atoms with Gasteiger partial charge in [0.25, 0.3) is 0 Å². The quantitative estimate of drug-likeness (QED) is 0.507. The molecule has 0 aliphatic rings. The van der Waals surface area contributed by atoms with E-state index in [1.807, 2.05) is 6.92 Å². The van der Waals surface area contributed by atoms with Crippen LogP contribution in [0.5, 0.6) is 0 Å². The van der Waals surface area contributed by atoms with E-state index in [4.69, 9.17) is 10.4 Å². The number of ketones is 1. The van der Waals surface area contributed by atoms with Crippen LogP contribution in [0.4, 0.5) is 0 Å². The number of Topliss-reactive ketones (excluding diaryl/α,β-unsaturated/α-hetero) is 1. The predicted octanol–water partition coefficient (Wildman–Crippen LogP) is 1.19. The molecule has 0 spiro atoms. The minimum Gasteiger partial charge on any atom is -0.385 e. The van der Waals surface area contributed by atoms with Gasteiger partial charge >= 0.3 is 0 Å². The Morgan fingerprint density at radius 3 is 2.42 bits per heavy atom. The minimum absolute atomic E-state index is 0.0903. The van der Waals surface area contributed by atoms with Crippen LogP contribution in [0.15, 0.2) is 11.1 Å². The van der Waals surface area contributed by atoms with Gasteiger partial charge in [-0.25, -0.2) is 0 Å². The lowest BCUT2D eigenvalue weighted by Crippen LogP contribution is -2.18. The zero-order valence-corrected chi connectivity index (χ0v) is 7.59. The van der Waals surface area contributed by atoms with Gasteiger partial charge in [-0.3, -0.25) is 4.79 Å². The first-order valence-electron chi connectivity index (χ1n) is 3.86. The van der Waals surface area contributed by atoms with Crippen molar-refractivity contribution in [1.29, 1.82) is 5.26 Å². The third-order valence-corrected chi connectivity index (χ3v) is 1.69. The van der Waals surface area contributed by atoms with Crippen LogP contribution in [-0.4, -0.2) is 17.0 Å². The number of carbonyl (C=O) groups excluding carboxylic acids is 1. The fourth-order valence-corrected chi connectivity index (χ4v) is 0.747. The van der Waals surface area contributed by atoms with Crippen LogP contribution in [0.3, 0.4) is 0 Å². The third kappa shape index (κ3) is 2.48. The first-order chi connectivity index (χ1) is 5.54. The number of hydrogen-bond acceptors (Lipinski definition) is 3. The molecule has 0 aliphatic carbocycles. The van der Waals surface area contributed by atoms with Crippen molar-refractivity contribution in [1.82, 2.24) is 0 Å². The fraction of sp³-hybridized carbons (Fsp3) is 0.556. The van der Waals surface area contributed by atoms with Crippen molar-refractivity contribution in [3.05, 3.63) is 11.1 Å². The van der Waals surface area contributed by atoms with Gasteiger partial charge in [-0.2, -0.15) is 5.26 Å². The molecular formula is C9H13NO2. The summed E-state index contributed by atoms with van der Waals surface area (Å²) in [5.41, 5.74) is 0.816. The highest BCUT2D eigenvalue weighted by Crippen LogP contribution is 2.09. The number of rotatable bonds is 3. The first kappa shape index (κ1) is 10.9. The Kier molecular flexibility index (Phi) is 4.24. The second-order valence-corrected chi connectivity index (χ2v) is 2.66. The van der Waals surface area contributed by atoms with Crippen molar-refractivity contribution in [3.63, 3.8) is 0 Å². The number of aliphatic hydroxyl groups excluding tert-OH is 1.